The summed E-state index contributed by atoms with van der Waals surface area (Å²) in [5.41, 5.74) is -0.692. The zero-order valence-electron chi connectivity index (χ0n) is 9.93. The molecule has 1 saturated heterocycles. The van der Waals surface area contributed by atoms with Crippen molar-refractivity contribution in [2.75, 3.05) is 18.4 Å². The van der Waals surface area contributed by atoms with Crippen LogP contribution >= 0.6 is 0 Å². The van der Waals surface area contributed by atoms with Crippen molar-refractivity contribution in [3.05, 3.63) is 23.9 Å². The maximum atomic E-state index is 12.8. The quantitative estimate of drug-likeness (QED) is 0.857. The largest absolute Gasteiger partial charge is 0.419 e. The summed E-state index contributed by atoms with van der Waals surface area (Å²) in [7, 11) is 0. The first-order valence-electron chi connectivity index (χ1n) is 6.07. The van der Waals surface area contributed by atoms with Crippen LogP contribution in [0.1, 0.15) is 24.8 Å². The van der Waals surface area contributed by atoms with Gasteiger partial charge >= 0.3 is 6.18 Å². The van der Waals surface area contributed by atoms with Gasteiger partial charge in [-0.25, -0.2) is 4.98 Å². The van der Waals surface area contributed by atoms with Gasteiger partial charge in [0.05, 0.1) is 5.56 Å². The second-order valence-electron chi connectivity index (χ2n) is 4.42. The van der Waals surface area contributed by atoms with Crippen LogP contribution in [0.15, 0.2) is 18.3 Å². The highest BCUT2D eigenvalue weighted by Gasteiger charge is 2.34. The van der Waals surface area contributed by atoms with Crippen molar-refractivity contribution in [1.29, 1.82) is 0 Å². The molecule has 0 aromatic carbocycles. The number of hydrogen-bond acceptors (Lipinski definition) is 3. The van der Waals surface area contributed by atoms with E-state index in [-0.39, 0.29) is 11.9 Å². The summed E-state index contributed by atoms with van der Waals surface area (Å²) in [5, 5.41) is 6.15. The zero-order valence-corrected chi connectivity index (χ0v) is 9.93. The third-order valence-electron chi connectivity index (χ3n) is 3.03. The Labute approximate surface area is 104 Å². The predicted octanol–water partition coefficient (Wildman–Crippen LogP) is 2.65. The van der Waals surface area contributed by atoms with Crippen molar-refractivity contribution >= 4 is 5.82 Å². The first kappa shape index (κ1) is 13.1. The minimum absolute atomic E-state index is 0.0519. The number of pyridine rings is 1. The van der Waals surface area contributed by atoms with Gasteiger partial charge in [0, 0.05) is 12.2 Å². The predicted molar refractivity (Wildman–Crippen MR) is 63.4 cm³/mol. The average Bonchev–Trinajstić information content (AvgIpc) is 2.57. The molecule has 1 aromatic heterocycles. The fourth-order valence-corrected chi connectivity index (χ4v) is 2.11. The number of anilines is 1. The Morgan fingerprint density at radius 3 is 2.89 bits per heavy atom. The van der Waals surface area contributed by atoms with Gasteiger partial charge in [0.15, 0.2) is 0 Å². The molecular formula is C12H16F3N3. The Bertz CT molecular complexity index is 384. The van der Waals surface area contributed by atoms with E-state index in [1.807, 2.05) is 0 Å². The Morgan fingerprint density at radius 2 is 2.11 bits per heavy atom. The average molecular weight is 259 g/mol. The molecule has 0 aliphatic carbocycles. The summed E-state index contributed by atoms with van der Waals surface area (Å²) in [6.07, 6.45) is -0.341. The van der Waals surface area contributed by atoms with Crippen LogP contribution in [-0.4, -0.2) is 24.1 Å². The molecule has 1 aromatic rings. The lowest BCUT2D eigenvalue weighted by Gasteiger charge is -2.19. The van der Waals surface area contributed by atoms with Gasteiger partial charge in [0.1, 0.15) is 5.82 Å². The molecule has 100 valence electrons. The highest BCUT2D eigenvalue weighted by atomic mass is 19.4. The fraction of sp³-hybridized carbons (Fsp3) is 0.583. The molecule has 18 heavy (non-hydrogen) atoms. The fourth-order valence-electron chi connectivity index (χ4n) is 2.11. The molecule has 1 unspecified atom stereocenters. The molecule has 3 nitrogen and oxygen atoms in total. The van der Waals surface area contributed by atoms with Gasteiger partial charge in [-0.05, 0) is 44.5 Å². The van der Waals surface area contributed by atoms with E-state index in [1.54, 1.807) is 0 Å². The van der Waals surface area contributed by atoms with Crippen molar-refractivity contribution < 1.29 is 13.2 Å². The van der Waals surface area contributed by atoms with E-state index in [0.29, 0.717) is 0 Å². The van der Waals surface area contributed by atoms with Crippen molar-refractivity contribution in [2.24, 2.45) is 0 Å². The molecule has 6 heteroatoms. The van der Waals surface area contributed by atoms with Crippen LogP contribution < -0.4 is 10.6 Å². The molecule has 1 aliphatic rings. The Hall–Kier alpha value is -1.30. The minimum atomic E-state index is -4.36. The Kier molecular flexibility index (Phi) is 4.06. The molecule has 0 bridgehead atoms. The van der Waals surface area contributed by atoms with Gasteiger partial charge in [0.25, 0.3) is 0 Å². The zero-order chi connectivity index (χ0) is 13.0. The van der Waals surface area contributed by atoms with Crippen LogP contribution in [0.25, 0.3) is 0 Å². The van der Waals surface area contributed by atoms with Crippen LogP contribution in [0.3, 0.4) is 0 Å². The van der Waals surface area contributed by atoms with Crippen molar-refractivity contribution in [2.45, 2.75) is 31.5 Å². The number of rotatable bonds is 2. The van der Waals surface area contributed by atoms with Gasteiger partial charge in [-0.1, -0.05) is 0 Å². The van der Waals surface area contributed by atoms with Gasteiger partial charge in [-0.2, -0.15) is 13.2 Å². The number of alkyl halides is 3. The number of nitrogens with zero attached hydrogens (tertiary/aromatic N) is 1. The van der Waals surface area contributed by atoms with Crippen LogP contribution in [0.5, 0.6) is 0 Å². The molecule has 2 rings (SSSR count). The third-order valence-corrected chi connectivity index (χ3v) is 3.03. The minimum Gasteiger partial charge on any atom is -0.367 e. The monoisotopic (exact) mass is 259 g/mol. The van der Waals surface area contributed by atoms with Gasteiger partial charge in [0.2, 0.25) is 0 Å². The SMILES string of the molecule is FC(F)(F)c1cccnc1NC1CCCNCC1. The molecule has 2 N–H and O–H groups in total. The van der Waals surface area contributed by atoms with E-state index in [0.717, 1.165) is 38.4 Å². The van der Waals surface area contributed by atoms with E-state index in [4.69, 9.17) is 0 Å². The van der Waals surface area contributed by atoms with E-state index in [1.165, 1.54) is 12.3 Å². The standard InChI is InChI=1S/C12H16F3N3/c13-12(14,15)10-4-2-7-17-11(10)18-9-3-1-6-16-8-5-9/h2,4,7,9,16H,1,3,5-6,8H2,(H,17,18). The first-order valence-corrected chi connectivity index (χ1v) is 6.07. The van der Waals surface area contributed by atoms with E-state index >= 15 is 0 Å². The summed E-state index contributed by atoms with van der Waals surface area (Å²) in [4.78, 5) is 3.82. The number of nitrogens with one attached hydrogen (secondary N) is 2. The van der Waals surface area contributed by atoms with E-state index in [9.17, 15) is 13.2 Å². The number of aromatic nitrogens is 1. The Balaban J connectivity index is 2.13. The maximum absolute atomic E-state index is 12.8. The summed E-state index contributed by atoms with van der Waals surface area (Å²) in [6, 6.07) is 2.42. The lowest BCUT2D eigenvalue weighted by Crippen LogP contribution is -2.24. The summed E-state index contributed by atoms with van der Waals surface area (Å²) in [6.45, 7) is 1.75. The third kappa shape index (κ3) is 3.35. The molecular weight excluding hydrogens is 243 g/mol. The van der Waals surface area contributed by atoms with Gasteiger partial charge in [-0.3, -0.25) is 0 Å². The highest BCUT2D eigenvalue weighted by molar-refractivity contribution is 5.46. The first-order chi connectivity index (χ1) is 8.57. The summed E-state index contributed by atoms with van der Waals surface area (Å²) >= 11 is 0. The molecule has 2 heterocycles. The molecule has 0 saturated carbocycles. The lowest BCUT2D eigenvalue weighted by atomic mass is 10.1. The molecule has 0 amide bonds. The number of halogens is 3. The van der Waals surface area contributed by atoms with Gasteiger partial charge in [-0.15, -0.1) is 0 Å². The van der Waals surface area contributed by atoms with Crippen LogP contribution in [0.2, 0.25) is 0 Å². The van der Waals surface area contributed by atoms with Crippen LogP contribution in [0, 0.1) is 0 Å². The van der Waals surface area contributed by atoms with Crippen molar-refractivity contribution in [3.8, 4) is 0 Å². The maximum Gasteiger partial charge on any atom is 0.419 e. The van der Waals surface area contributed by atoms with Crippen LogP contribution in [0.4, 0.5) is 19.0 Å². The topological polar surface area (TPSA) is 37.0 Å². The number of hydrogen-bond donors (Lipinski definition) is 2. The smallest absolute Gasteiger partial charge is 0.367 e. The van der Waals surface area contributed by atoms with E-state index < -0.39 is 11.7 Å². The lowest BCUT2D eigenvalue weighted by molar-refractivity contribution is -0.137. The van der Waals surface area contributed by atoms with Gasteiger partial charge < -0.3 is 10.6 Å². The summed E-state index contributed by atoms with van der Waals surface area (Å²) in [5.74, 6) is -0.0584. The molecule has 0 radical (unpaired) electrons. The normalized spacial score (nSPS) is 21.4. The summed E-state index contributed by atoms with van der Waals surface area (Å²) < 4.78 is 38.4. The molecule has 0 spiro atoms. The second-order valence-corrected chi connectivity index (χ2v) is 4.42. The Morgan fingerprint density at radius 1 is 1.28 bits per heavy atom. The van der Waals surface area contributed by atoms with Crippen molar-refractivity contribution in [3.63, 3.8) is 0 Å². The van der Waals surface area contributed by atoms with E-state index in [2.05, 4.69) is 15.6 Å². The molecule has 1 fully saturated rings. The van der Waals surface area contributed by atoms with Crippen molar-refractivity contribution in [1.82, 2.24) is 10.3 Å². The highest BCUT2D eigenvalue weighted by Crippen LogP contribution is 2.33. The molecule has 1 aliphatic heterocycles. The second kappa shape index (κ2) is 5.56. The van der Waals surface area contributed by atoms with Crippen LogP contribution in [-0.2, 0) is 6.18 Å². The molecule has 1 atom stereocenters.